The average molecular weight is 258 g/mol. The fourth-order valence-corrected chi connectivity index (χ4v) is 1.37. The Labute approximate surface area is 103 Å². The van der Waals surface area contributed by atoms with Crippen LogP contribution in [-0.2, 0) is 20.9 Å². The van der Waals surface area contributed by atoms with E-state index in [9.17, 15) is 18.4 Å². The van der Waals surface area contributed by atoms with E-state index in [-0.39, 0.29) is 18.8 Å². The molecule has 18 heavy (non-hydrogen) atoms. The Morgan fingerprint density at radius 3 is 2.50 bits per heavy atom. The highest BCUT2D eigenvalue weighted by molar-refractivity contribution is 6.40. The topological polar surface area (TPSA) is 52.6 Å². The van der Waals surface area contributed by atoms with E-state index < -0.39 is 29.0 Å². The van der Waals surface area contributed by atoms with Crippen molar-refractivity contribution in [2.24, 2.45) is 0 Å². The average Bonchev–Trinajstić information content (AvgIpc) is 2.33. The summed E-state index contributed by atoms with van der Waals surface area (Å²) in [5.74, 6) is -4.84. The van der Waals surface area contributed by atoms with Crippen LogP contribution in [0, 0.1) is 11.6 Å². The van der Waals surface area contributed by atoms with Crippen LogP contribution in [0.3, 0.4) is 0 Å². The summed E-state index contributed by atoms with van der Waals surface area (Å²) in [6.07, 6.45) is 0. The van der Waals surface area contributed by atoms with Crippen LogP contribution in [0.25, 0.3) is 0 Å². The lowest BCUT2D eigenvalue weighted by Gasteiger charge is -2.07. The molecule has 0 aliphatic heterocycles. The summed E-state index contributed by atoms with van der Waals surface area (Å²) in [4.78, 5) is 22.7. The first-order valence-corrected chi connectivity index (χ1v) is 5.20. The smallest absolute Gasteiger partial charge is 0.379 e. The van der Waals surface area contributed by atoms with E-state index in [4.69, 9.17) is 4.74 Å². The van der Waals surface area contributed by atoms with E-state index >= 15 is 0 Å². The fraction of sp³-hybridized carbons (Fsp3) is 0.333. The van der Waals surface area contributed by atoms with Crippen molar-refractivity contribution in [1.29, 1.82) is 0 Å². The maximum Gasteiger partial charge on any atom is 0.379 e. The van der Waals surface area contributed by atoms with Gasteiger partial charge in [-0.2, -0.15) is 0 Å². The molecule has 0 unspecified atom stereocenters. The van der Waals surface area contributed by atoms with E-state index in [1.807, 2.05) is 0 Å². The van der Waals surface area contributed by atoms with Crippen molar-refractivity contribution < 1.29 is 27.8 Å². The number of Topliss-reactive ketones (excluding diaryl/α,β-unsaturated/α-hetero) is 1. The molecule has 0 N–H and O–H groups in total. The Bertz CT molecular complexity index is 471. The van der Waals surface area contributed by atoms with Gasteiger partial charge in [-0.3, -0.25) is 4.79 Å². The highest BCUT2D eigenvalue weighted by Gasteiger charge is 2.26. The number of ether oxygens (including phenoxy) is 2. The number of hydrogen-bond acceptors (Lipinski definition) is 4. The van der Waals surface area contributed by atoms with Crippen LogP contribution in [-0.4, -0.2) is 25.5 Å². The number of methoxy groups -OCH3 is 1. The fourth-order valence-electron chi connectivity index (χ4n) is 1.37. The van der Waals surface area contributed by atoms with Crippen LogP contribution < -0.4 is 0 Å². The molecular weight excluding hydrogens is 246 g/mol. The molecule has 0 saturated carbocycles. The zero-order valence-corrected chi connectivity index (χ0v) is 9.96. The molecule has 0 heterocycles. The van der Waals surface area contributed by atoms with Gasteiger partial charge in [0, 0.05) is 12.7 Å². The molecule has 0 aliphatic carbocycles. The third-order valence-corrected chi connectivity index (χ3v) is 2.16. The molecule has 1 aromatic carbocycles. The number of hydrogen-bond donors (Lipinski definition) is 0. The van der Waals surface area contributed by atoms with Crippen LogP contribution in [0.4, 0.5) is 8.78 Å². The Kier molecular flexibility index (Phi) is 4.91. The maximum absolute atomic E-state index is 13.8. The number of carbonyl (C=O) groups excluding carboxylic acids is 2. The molecule has 0 bridgehead atoms. The quantitative estimate of drug-likeness (QED) is 0.459. The Hall–Kier alpha value is -1.82. The molecule has 0 atom stereocenters. The first-order valence-electron chi connectivity index (χ1n) is 5.20. The van der Waals surface area contributed by atoms with Gasteiger partial charge < -0.3 is 9.47 Å². The van der Waals surface area contributed by atoms with Gasteiger partial charge in [-0.25, -0.2) is 13.6 Å². The van der Waals surface area contributed by atoms with Gasteiger partial charge in [0.05, 0.1) is 13.2 Å². The minimum atomic E-state index is -1.34. The Morgan fingerprint density at radius 1 is 1.28 bits per heavy atom. The van der Waals surface area contributed by atoms with Crippen LogP contribution in [0.1, 0.15) is 22.8 Å². The largest absolute Gasteiger partial charge is 0.460 e. The van der Waals surface area contributed by atoms with Crippen LogP contribution in [0.2, 0.25) is 0 Å². The molecular formula is C12H12F2O4. The van der Waals surface area contributed by atoms with Crippen molar-refractivity contribution in [2.45, 2.75) is 13.5 Å². The monoisotopic (exact) mass is 258 g/mol. The molecule has 0 spiro atoms. The molecule has 6 heteroatoms. The van der Waals surface area contributed by atoms with Gasteiger partial charge in [-0.1, -0.05) is 6.07 Å². The van der Waals surface area contributed by atoms with Crippen molar-refractivity contribution in [3.05, 3.63) is 34.9 Å². The maximum atomic E-state index is 13.8. The van der Waals surface area contributed by atoms with Crippen molar-refractivity contribution in [1.82, 2.24) is 0 Å². The highest BCUT2D eigenvalue weighted by Crippen LogP contribution is 2.18. The number of esters is 1. The van der Waals surface area contributed by atoms with Gasteiger partial charge in [0.15, 0.2) is 0 Å². The second-order valence-electron chi connectivity index (χ2n) is 3.38. The summed E-state index contributed by atoms with van der Waals surface area (Å²) in [6, 6.07) is 2.06. The normalized spacial score (nSPS) is 10.2. The first-order chi connectivity index (χ1) is 8.52. The van der Waals surface area contributed by atoms with Crippen molar-refractivity contribution in [3.8, 4) is 0 Å². The second-order valence-corrected chi connectivity index (χ2v) is 3.38. The van der Waals surface area contributed by atoms with Crippen LogP contribution >= 0.6 is 0 Å². The van der Waals surface area contributed by atoms with E-state index in [0.29, 0.717) is 0 Å². The molecule has 0 saturated heterocycles. The summed E-state index contributed by atoms with van der Waals surface area (Å²) < 4.78 is 36.4. The minimum Gasteiger partial charge on any atom is -0.460 e. The summed E-state index contributed by atoms with van der Waals surface area (Å²) in [5.41, 5.74) is -0.922. The molecule has 1 rings (SSSR count). The predicted molar refractivity (Wildman–Crippen MR) is 58.0 cm³/mol. The summed E-state index contributed by atoms with van der Waals surface area (Å²) in [6.45, 7) is 1.31. The van der Waals surface area contributed by atoms with Gasteiger partial charge >= 0.3 is 5.97 Å². The molecule has 0 amide bonds. The van der Waals surface area contributed by atoms with Gasteiger partial charge in [0.25, 0.3) is 5.78 Å². The molecule has 0 aromatic heterocycles. The second kappa shape index (κ2) is 6.20. The first kappa shape index (κ1) is 14.2. The Balaban J connectivity index is 3.18. The van der Waals surface area contributed by atoms with E-state index in [1.54, 1.807) is 0 Å². The minimum absolute atomic E-state index is 0.00783. The third kappa shape index (κ3) is 2.89. The van der Waals surface area contributed by atoms with Gasteiger partial charge in [-0.05, 0) is 13.0 Å². The number of carbonyl (C=O) groups is 2. The molecule has 1 aromatic rings. The van der Waals surface area contributed by atoms with Crippen molar-refractivity contribution >= 4 is 11.8 Å². The lowest BCUT2D eigenvalue weighted by molar-refractivity contribution is -0.137. The summed E-state index contributed by atoms with van der Waals surface area (Å²) in [7, 11) is 1.33. The lowest BCUT2D eigenvalue weighted by Crippen LogP contribution is -2.21. The third-order valence-electron chi connectivity index (χ3n) is 2.16. The Morgan fingerprint density at radius 2 is 1.94 bits per heavy atom. The lowest BCUT2D eigenvalue weighted by atomic mass is 10.1. The highest BCUT2D eigenvalue weighted by atomic mass is 19.1. The van der Waals surface area contributed by atoms with Gasteiger partial charge in [0.1, 0.15) is 17.2 Å². The molecule has 0 aliphatic rings. The van der Waals surface area contributed by atoms with E-state index in [2.05, 4.69) is 4.74 Å². The predicted octanol–water partition coefficient (Wildman–Crippen LogP) is 1.86. The number of halogens is 2. The van der Waals surface area contributed by atoms with Crippen LogP contribution in [0.15, 0.2) is 12.1 Å². The summed E-state index contributed by atoms with van der Waals surface area (Å²) >= 11 is 0. The van der Waals surface area contributed by atoms with Crippen LogP contribution in [0.5, 0.6) is 0 Å². The van der Waals surface area contributed by atoms with Crippen molar-refractivity contribution in [3.63, 3.8) is 0 Å². The number of benzene rings is 1. The van der Waals surface area contributed by atoms with Gasteiger partial charge in [0.2, 0.25) is 0 Å². The van der Waals surface area contributed by atoms with E-state index in [1.165, 1.54) is 14.0 Å². The van der Waals surface area contributed by atoms with E-state index in [0.717, 1.165) is 12.1 Å². The molecule has 4 nitrogen and oxygen atoms in total. The van der Waals surface area contributed by atoms with Crippen molar-refractivity contribution in [2.75, 3.05) is 13.7 Å². The van der Waals surface area contributed by atoms with Gasteiger partial charge in [-0.15, -0.1) is 0 Å². The molecule has 98 valence electrons. The SMILES string of the molecule is CCOC(=O)C(=O)c1c(F)ccc(COC)c1F. The standard InChI is InChI=1S/C12H12F2O4/c1-3-18-12(16)11(15)9-8(13)5-4-7(6-17-2)10(9)14/h4-5H,3,6H2,1-2H3. The molecule has 0 fully saturated rings. The number of ketones is 1. The zero-order valence-electron chi connectivity index (χ0n) is 9.96. The molecule has 0 radical (unpaired) electrons. The summed E-state index contributed by atoms with van der Waals surface area (Å²) in [5, 5.41) is 0. The number of rotatable bonds is 5. The zero-order chi connectivity index (χ0) is 13.7.